The van der Waals surface area contributed by atoms with E-state index in [-0.39, 0.29) is 5.56 Å². The first-order valence-corrected chi connectivity index (χ1v) is 5.75. The first-order valence-electron chi connectivity index (χ1n) is 5.75. The van der Waals surface area contributed by atoms with Crippen molar-refractivity contribution < 1.29 is 4.79 Å². The maximum Gasteiger partial charge on any atom is 0.251 e. The summed E-state index contributed by atoms with van der Waals surface area (Å²) >= 11 is 0. The summed E-state index contributed by atoms with van der Waals surface area (Å²) in [6, 6.07) is 12.2. The molecule has 0 spiro atoms. The molecule has 4 nitrogen and oxygen atoms in total. The van der Waals surface area contributed by atoms with Gasteiger partial charge in [-0.25, -0.2) is 0 Å². The molecule has 0 saturated heterocycles. The van der Waals surface area contributed by atoms with Crippen LogP contribution in [-0.2, 0) is 11.3 Å². The van der Waals surface area contributed by atoms with Gasteiger partial charge in [-0.2, -0.15) is 0 Å². The highest BCUT2D eigenvalue weighted by Gasteiger charge is 1.96. The Hall–Kier alpha value is -2.80. The second-order valence-corrected chi connectivity index (χ2v) is 3.78. The zero-order chi connectivity index (χ0) is 13.5. The number of pyridine rings is 1. The number of amides is 1. The smallest absolute Gasteiger partial charge is 0.251 e. The first kappa shape index (κ1) is 12.7. The molecule has 0 aliphatic rings. The van der Waals surface area contributed by atoms with Gasteiger partial charge in [0.25, 0.3) is 5.56 Å². The molecule has 0 unspecified atom stereocenters. The second kappa shape index (κ2) is 6.22. The van der Waals surface area contributed by atoms with Crippen LogP contribution in [0.5, 0.6) is 0 Å². The Bertz CT molecular complexity index is 693. The number of nitrogens with zero attached hydrogens (tertiary/aromatic N) is 1. The van der Waals surface area contributed by atoms with Crippen LogP contribution in [0.1, 0.15) is 5.56 Å². The lowest BCUT2D eigenvalue weighted by atomic mass is 10.2. The fourth-order valence-corrected chi connectivity index (χ4v) is 1.59. The Morgan fingerprint density at radius 1 is 1.16 bits per heavy atom. The van der Waals surface area contributed by atoms with Crippen molar-refractivity contribution in [3.8, 4) is 11.8 Å². The van der Waals surface area contributed by atoms with E-state index in [1.807, 2.05) is 18.2 Å². The molecule has 1 heterocycles. The molecule has 0 aliphatic heterocycles. The number of rotatable bonds is 3. The number of aromatic nitrogens is 1. The highest BCUT2D eigenvalue weighted by atomic mass is 16.1. The number of carbonyl (C=O) groups excluding carboxylic acids is 1. The summed E-state index contributed by atoms with van der Waals surface area (Å²) in [5, 5.41) is 2.58. The van der Waals surface area contributed by atoms with E-state index in [2.05, 4.69) is 17.2 Å². The fourth-order valence-electron chi connectivity index (χ4n) is 1.59. The average molecular weight is 252 g/mol. The van der Waals surface area contributed by atoms with Crippen LogP contribution < -0.4 is 10.9 Å². The molecular weight excluding hydrogens is 240 g/mol. The third kappa shape index (κ3) is 3.33. The summed E-state index contributed by atoms with van der Waals surface area (Å²) in [5.41, 5.74) is 1.29. The monoisotopic (exact) mass is 252 g/mol. The lowest BCUT2D eigenvalue weighted by Gasteiger charge is -2.01. The lowest BCUT2D eigenvalue weighted by molar-refractivity contribution is -0.105. The molecule has 94 valence electrons. The normalized spacial score (nSPS) is 9.26. The molecule has 19 heavy (non-hydrogen) atoms. The number of nitrogens with one attached hydrogen (secondary N) is 1. The number of hydrogen-bond acceptors (Lipinski definition) is 2. The summed E-state index contributed by atoms with van der Waals surface area (Å²) in [7, 11) is 0. The van der Waals surface area contributed by atoms with Gasteiger partial charge < -0.3 is 9.88 Å². The summed E-state index contributed by atoms with van der Waals surface area (Å²) in [6.07, 6.45) is 2.30. The highest BCUT2D eigenvalue weighted by Crippen LogP contribution is 2.12. The third-order valence-electron chi connectivity index (χ3n) is 2.51. The van der Waals surface area contributed by atoms with Crippen molar-refractivity contribution in [2.45, 2.75) is 6.54 Å². The predicted molar refractivity (Wildman–Crippen MR) is 73.7 cm³/mol. The van der Waals surface area contributed by atoms with Gasteiger partial charge >= 0.3 is 0 Å². The number of anilines is 1. The molecule has 2 rings (SSSR count). The van der Waals surface area contributed by atoms with Crippen molar-refractivity contribution in [3.63, 3.8) is 0 Å². The minimum absolute atomic E-state index is 0.0869. The molecule has 0 saturated carbocycles. The zero-order valence-corrected chi connectivity index (χ0v) is 10.2. The van der Waals surface area contributed by atoms with Crippen LogP contribution in [0.2, 0.25) is 0 Å². The Balaban J connectivity index is 2.19. The molecular formula is C15H12N2O2. The first-order chi connectivity index (χ1) is 9.31. The Morgan fingerprint density at radius 3 is 2.74 bits per heavy atom. The van der Waals surface area contributed by atoms with E-state index in [4.69, 9.17) is 0 Å². The molecule has 0 radical (unpaired) electrons. The molecule has 0 fully saturated rings. The van der Waals surface area contributed by atoms with Crippen molar-refractivity contribution in [2.75, 3.05) is 5.32 Å². The van der Waals surface area contributed by atoms with E-state index in [1.165, 1.54) is 10.6 Å². The van der Waals surface area contributed by atoms with Gasteiger partial charge in [0.15, 0.2) is 0 Å². The van der Waals surface area contributed by atoms with E-state index in [0.717, 1.165) is 5.56 Å². The maximum atomic E-state index is 11.5. The van der Waals surface area contributed by atoms with Gasteiger partial charge in [0.2, 0.25) is 6.41 Å². The van der Waals surface area contributed by atoms with Gasteiger partial charge in [-0.15, -0.1) is 0 Å². The Kier molecular flexibility index (Phi) is 4.14. The highest BCUT2D eigenvalue weighted by molar-refractivity contribution is 5.75. The standard InChI is InChI=1S/C15H12N2O2/c18-12-16-14-8-2-1-6-13(14)7-5-11-17-10-4-3-9-15(17)19/h1-4,6,8-10,12H,11H2,(H,16,18). The Morgan fingerprint density at radius 2 is 1.95 bits per heavy atom. The number of para-hydroxylation sites is 1. The summed E-state index contributed by atoms with van der Waals surface area (Å²) in [4.78, 5) is 21.9. The van der Waals surface area contributed by atoms with Gasteiger partial charge in [0.1, 0.15) is 0 Å². The number of hydrogen-bond donors (Lipinski definition) is 1. The topological polar surface area (TPSA) is 51.1 Å². The van der Waals surface area contributed by atoms with Gasteiger partial charge in [0.05, 0.1) is 12.2 Å². The van der Waals surface area contributed by atoms with Crippen molar-refractivity contribution in [1.29, 1.82) is 0 Å². The van der Waals surface area contributed by atoms with Gasteiger partial charge in [-0.3, -0.25) is 9.59 Å². The number of benzene rings is 1. The van der Waals surface area contributed by atoms with Crippen molar-refractivity contribution in [2.24, 2.45) is 0 Å². The van der Waals surface area contributed by atoms with Crippen molar-refractivity contribution >= 4 is 12.1 Å². The molecule has 0 bridgehead atoms. The third-order valence-corrected chi connectivity index (χ3v) is 2.51. The Labute approximate surface area is 110 Å². The molecule has 2 aromatic rings. The number of carbonyl (C=O) groups is 1. The molecule has 4 heteroatoms. The van der Waals surface area contributed by atoms with Crippen LogP contribution in [0.4, 0.5) is 5.69 Å². The summed E-state index contributed by atoms with van der Waals surface area (Å²) in [5.74, 6) is 5.86. The molecule has 0 atom stereocenters. The van der Waals surface area contributed by atoms with E-state index < -0.39 is 0 Å². The molecule has 0 aliphatic carbocycles. The van der Waals surface area contributed by atoms with Crippen molar-refractivity contribution in [1.82, 2.24) is 4.57 Å². The lowest BCUT2D eigenvalue weighted by Crippen LogP contribution is -2.16. The summed E-state index contributed by atoms with van der Waals surface area (Å²) in [6.45, 7) is 0.315. The SMILES string of the molecule is O=CNc1ccccc1C#CCn1ccccc1=O. The predicted octanol–water partition coefficient (Wildman–Crippen LogP) is 1.47. The molecule has 1 aromatic carbocycles. The molecule has 1 amide bonds. The van der Waals surface area contributed by atoms with Crippen LogP contribution >= 0.6 is 0 Å². The van der Waals surface area contributed by atoms with Crippen molar-refractivity contribution in [3.05, 3.63) is 64.6 Å². The zero-order valence-electron chi connectivity index (χ0n) is 10.2. The van der Waals surface area contributed by atoms with Gasteiger partial charge in [-0.1, -0.05) is 30.0 Å². The van der Waals surface area contributed by atoms with Crippen LogP contribution in [0.15, 0.2) is 53.5 Å². The van der Waals surface area contributed by atoms with Crippen LogP contribution in [0.25, 0.3) is 0 Å². The quantitative estimate of drug-likeness (QED) is 0.664. The largest absolute Gasteiger partial charge is 0.328 e. The second-order valence-electron chi connectivity index (χ2n) is 3.78. The van der Waals surface area contributed by atoms with E-state index in [0.29, 0.717) is 18.6 Å². The van der Waals surface area contributed by atoms with Crippen LogP contribution in [0.3, 0.4) is 0 Å². The minimum Gasteiger partial charge on any atom is -0.328 e. The minimum atomic E-state index is -0.0869. The van der Waals surface area contributed by atoms with Gasteiger partial charge in [-0.05, 0) is 18.2 Å². The van der Waals surface area contributed by atoms with E-state index >= 15 is 0 Å². The maximum absolute atomic E-state index is 11.5. The van der Waals surface area contributed by atoms with Crippen LogP contribution in [-0.4, -0.2) is 11.0 Å². The molecule has 1 N–H and O–H groups in total. The summed E-state index contributed by atoms with van der Waals surface area (Å²) < 4.78 is 1.52. The molecule has 1 aromatic heterocycles. The van der Waals surface area contributed by atoms with E-state index in [1.54, 1.807) is 24.4 Å². The average Bonchev–Trinajstić information content (AvgIpc) is 2.43. The van der Waals surface area contributed by atoms with Gasteiger partial charge in [0, 0.05) is 17.8 Å². The van der Waals surface area contributed by atoms with E-state index in [9.17, 15) is 9.59 Å². The van der Waals surface area contributed by atoms with Crippen LogP contribution in [0, 0.1) is 11.8 Å². The fraction of sp³-hybridized carbons (Fsp3) is 0.0667.